The van der Waals surface area contributed by atoms with Gasteiger partial charge in [0.15, 0.2) is 0 Å². The van der Waals surface area contributed by atoms with Crippen molar-refractivity contribution in [1.82, 2.24) is 9.78 Å². The van der Waals surface area contributed by atoms with Crippen LogP contribution in [0.15, 0.2) is 30.3 Å². The average molecular weight is 288 g/mol. The van der Waals surface area contributed by atoms with E-state index >= 15 is 0 Å². The van der Waals surface area contributed by atoms with Crippen LogP contribution in [0, 0.1) is 6.92 Å². The van der Waals surface area contributed by atoms with Crippen molar-refractivity contribution in [3.63, 3.8) is 0 Å². The average Bonchev–Trinajstić information content (AvgIpc) is 2.85. The number of aliphatic hydroxyl groups excluding tert-OH is 1. The van der Waals surface area contributed by atoms with Crippen molar-refractivity contribution in [2.45, 2.75) is 45.8 Å². The first-order chi connectivity index (χ1) is 10.1. The summed E-state index contributed by atoms with van der Waals surface area (Å²) in [4.78, 5) is 0. The van der Waals surface area contributed by atoms with E-state index in [1.165, 1.54) is 5.56 Å². The number of aromatic nitrogens is 2. The second kappa shape index (κ2) is 7.27. The Bertz CT molecular complexity index is 561. The molecule has 4 nitrogen and oxygen atoms in total. The van der Waals surface area contributed by atoms with Gasteiger partial charge in [-0.25, -0.2) is 0 Å². The van der Waals surface area contributed by atoms with Crippen molar-refractivity contribution in [1.29, 1.82) is 0 Å². The first-order valence-electron chi connectivity index (χ1n) is 7.46. The topological polar surface area (TPSA) is 47.3 Å². The van der Waals surface area contributed by atoms with Crippen LogP contribution in [0.2, 0.25) is 0 Å². The van der Waals surface area contributed by atoms with Gasteiger partial charge in [-0.1, -0.05) is 12.1 Å². The van der Waals surface area contributed by atoms with Crippen LogP contribution in [0.1, 0.15) is 30.3 Å². The molecule has 1 atom stereocenters. The van der Waals surface area contributed by atoms with E-state index in [4.69, 9.17) is 4.74 Å². The van der Waals surface area contributed by atoms with Crippen molar-refractivity contribution in [2.75, 3.05) is 7.11 Å². The third kappa shape index (κ3) is 4.33. The summed E-state index contributed by atoms with van der Waals surface area (Å²) in [6, 6.07) is 10.1. The fourth-order valence-electron chi connectivity index (χ4n) is 2.51. The first kappa shape index (κ1) is 15.6. The number of aryl methyl sites for hydroxylation is 3. The van der Waals surface area contributed by atoms with Gasteiger partial charge in [0, 0.05) is 18.7 Å². The number of aliphatic hydroxyl groups is 1. The van der Waals surface area contributed by atoms with E-state index in [1.54, 1.807) is 7.11 Å². The lowest BCUT2D eigenvalue weighted by atomic mass is 10.0. The van der Waals surface area contributed by atoms with Crippen LogP contribution in [0.5, 0.6) is 5.75 Å². The lowest BCUT2D eigenvalue weighted by molar-refractivity contribution is 0.162. The molecule has 0 bridgehead atoms. The molecule has 4 heteroatoms. The van der Waals surface area contributed by atoms with Crippen LogP contribution in [0.3, 0.4) is 0 Å². The summed E-state index contributed by atoms with van der Waals surface area (Å²) < 4.78 is 7.11. The minimum atomic E-state index is -0.339. The molecule has 1 unspecified atom stereocenters. The lowest BCUT2D eigenvalue weighted by Crippen LogP contribution is -2.15. The standard InChI is InChI=1S/C17H24N2O2/c1-4-19-15(11-13(2)18-19)12-16(20)8-5-14-6-9-17(21-3)10-7-14/h6-7,9-11,16,20H,4-5,8,12H2,1-3H3. The second-order valence-corrected chi connectivity index (χ2v) is 5.34. The van der Waals surface area contributed by atoms with Gasteiger partial charge in [-0.05, 0) is 50.5 Å². The molecule has 1 aromatic heterocycles. The van der Waals surface area contributed by atoms with Gasteiger partial charge in [0.1, 0.15) is 5.75 Å². The number of nitrogens with zero attached hydrogens (tertiary/aromatic N) is 2. The molecule has 114 valence electrons. The maximum Gasteiger partial charge on any atom is 0.118 e. The molecule has 0 radical (unpaired) electrons. The van der Waals surface area contributed by atoms with Crippen LogP contribution in [-0.4, -0.2) is 28.1 Å². The molecule has 1 N–H and O–H groups in total. The lowest BCUT2D eigenvalue weighted by Gasteiger charge is -2.12. The van der Waals surface area contributed by atoms with E-state index in [-0.39, 0.29) is 6.10 Å². The highest BCUT2D eigenvalue weighted by molar-refractivity contribution is 5.27. The number of hydrogen-bond donors (Lipinski definition) is 1. The summed E-state index contributed by atoms with van der Waals surface area (Å²) in [6.45, 7) is 4.90. The van der Waals surface area contributed by atoms with Crippen molar-refractivity contribution >= 4 is 0 Å². The normalized spacial score (nSPS) is 12.4. The van der Waals surface area contributed by atoms with Crippen molar-refractivity contribution in [3.8, 4) is 5.75 Å². The minimum Gasteiger partial charge on any atom is -0.497 e. The van der Waals surface area contributed by atoms with E-state index in [9.17, 15) is 5.11 Å². The van der Waals surface area contributed by atoms with Crippen molar-refractivity contribution in [2.24, 2.45) is 0 Å². The summed E-state index contributed by atoms with van der Waals surface area (Å²) in [5.41, 5.74) is 3.33. The van der Waals surface area contributed by atoms with E-state index in [0.29, 0.717) is 6.42 Å². The fourth-order valence-corrected chi connectivity index (χ4v) is 2.51. The summed E-state index contributed by atoms with van der Waals surface area (Å²) in [6.07, 6.45) is 1.93. The number of rotatable bonds is 7. The predicted molar refractivity (Wildman–Crippen MR) is 83.7 cm³/mol. The van der Waals surface area contributed by atoms with Crippen LogP contribution >= 0.6 is 0 Å². The quantitative estimate of drug-likeness (QED) is 0.852. The largest absolute Gasteiger partial charge is 0.497 e. The fraction of sp³-hybridized carbons (Fsp3) is 0.471. The summed E-state index contributed by atoms with van der Waals surface area (Å²) in [5.74, 6) is 0.863. The van der Waals surface area contributed by atoms with Crippen LogP contribution in [-0.2, 0) is 19.4 Å². The Balaban J connectivity index is 1.87. The van der Waals surface area contributed by atoms with Crippen molar-refractivity contribution in [3.05, 3.63) is 47.3 Å². The van der Waals surface area contributed by atoms with Crippen molar-refractivity contribution < 1.29 is 9.84 Å². The Morgan fingerprint density at radius 1 is 1.29 bits per heavy atom. The van der Waals surface area contributed by atoms with Crippen LogP contribution in [0.25, 0.3) is 0 Å². The molecular weight excluding hydrogens is 264 g/mol. The van der Waals surface area contributed by atoms with Gasteiger partial charge in [-0.3, -0.25) is 4.68 Å². The SMILES string of the molecule is CCn1nc(C)cc1CC(O)CCc1ccc(OC)cc1. The highest BCUT2D eigenvalue weighted by Crippen LogP contribution is 2.15. The molecule has 0 fully saturated rings. The zero-order chi connectivity index (χ0) is 15.2. The number of benzene rings is 1. The summed E-state index contributed by atoms with van der Waals surface area (Å²) in [7, 11) is 1.66. The van der Waals surface area contributed by atoms with E-state index in [0.717, 1.165) is 36.5 Å². The molecule has 1 aromatic carbocycles. The Morgan fingerprint density at radius 3 is 2.62 bits per heavy atom. The van der Waals surface area contributed by atoms with Gasteiger partial charge in [-0.2, -0.15) is 5.10 Å². The van der Waals surface area contributed by atoms with Gasteiger partial charge < -0.3 is 9.84 Å². The molecule has 0 saturated heterocycles. The third-order valence-corrected chi connectivity index (χ3v) is 3.66. The minimum absolute atomic E-state index is 0.339. The van der Waals surface area contributed by atoms with Gasteiger partial charge in [0.25, 0.3) is 0 Å². The Kier molecular flexibility index (Phi) is 5.39. The smallest absolute Gasteiger partial charge is 0.118 e. The monoisotopic (exact) mass is 288 g/mol. The van der Waals surface area contributed by atoms with Gasteiger partial charge in [0.05, 0.1) is 18.9 Å². The molecule has 0 saturated carbocycles. The molecule has 0 aliphatic carbocycles. The third-order valence-electron chi connectivity index (χ3n) is 3.66. The van der Waals surface area contributed by atoms with Crippen LogP contribution < -0.4 is 4.74 Å². The maximum absolute atomic E-state index is 10.2. The maximum atomic E-state index is 10.2. The zero-order valence-electron chi connectivity index (χ0n) is 13.0. The summed E-state index contributed by atoms with van der Waals surface area (Å²) in [5, 5.41) is 14.6. The number of hydrogen-bond acceptors (Lipinski definition) is 3. The van der Waals surface area contributed by atoms with E-state index in [2.05, 4.69) is 18.1 Å². The Morgan fingerprint density at radius 2 is 2.00 bits per heavy atom. The van der Waals surface area contributed by atoms with Gasteiger partial charge in [-0.15, -0.1) is 0 Å². The Hall–Kier alpha value is -1.81. The zero-order valence-corrected chi connectivity index (χ0v) is 13.0. The van der Waals surface area contributed by atoms with E-state index in [1.807, 2.05) is 35.9 Å². The first-order valence-corrected chi connectivity index (χ1v) is 7.46. The second-order valence-electron chi connectivity index (χ2n) is 5.34. The highest BCUT2D eigenvalue weighted by atomic mass is 16.5. The van der Waals surface area contributed by atoms with Gasteiger partial charge >= 0.3 is 0 Å². The highest BCUT2D eigenvalue weighted by Gasteiger charge is 2.11. The molecule has 0 aliphatic heterocycles. The Labute approximate surface area is 126 Å². The molecule has 1 heterocycles. The molecule has 2 aromatic rings. The molecule has 0 aliphatic rings. The number of ether oxygens (including phenoxy) is 1. The summed E-state index contributed by atoms with van der Waals surface area (Å²) >= 11 is 0. The molecule has 0 spiro atoms. The van der Waals surface area contributed by atoms with Gasteiger partial charge in [0.2, 0.25) is 0 Å². The predicted octanol–water partition coefficient (Wildman–Crippen LogP) is 2.76. The molecule has 0 amide bonds. The molecular formula is C17H24N2O2. The van der Waals surface area contributed by atoms with E-state index < -0.39 is 0 Å². The molecule has 2 rings (SSSR count). The van der Waals surface area contributed by atoms with Crippen LogP contribution in [0.4, 0.5) is 0 Å². The molecule has 21 heavy (non-hydrogen) atoms. The number of methoxy groups -OCH3 is 1.